The molecule has 13 heteroatoms. The Bertz CT molecular complexity index is 1440. The van der Waals surface area contributed by atoms with Crippen molar-refractivity contribution in [2.75, 3.05) is 39.0 Å². The van der Waals surface area contributed by atoms with Crippen LogP contribution in [0.1, 0.15) is 48.0 Å². The Labute approximate surface area is 241 Å². The highest BCUT2D eigenvalue weighted by atomic mass is 16.4. The second-order valence-corrected chi connectivity index (χ2v) is 11.9. The molecule has 1 aliphatic heterocycles. The minimum atomic E-state index is -2.99. The van der Waals surface area contributed by atoms with Gasteiger partial charge in [0, 0.05) is 11.5 Å². The molecule has 42 heavy (non-hydrogen) atoms. The number of ketones is 2. The largest absolute Gasteiger partial charge is 0.510 e. The maximum absolute atomic E-state index is 14.0. The Hall–Kier alpha value is -3.78. The molecule has 0 bridgehead atoms. The first-order valence-corrected chi connectivity index (χ1v) is 13.9. The molecule has 0 radical (unpaired) electrons. The third-order valence-electron chi connectivity index (χ3n) is 9.22. The average Bonchev–Trinajstić information content (AvgIpc) is 2.92. The number of primary amides is 1. The number of likely N-dealkylation sites (tertiary alicyclic amines) is 1. The molecule has 0 aromatic heterocycles. The van der Waals surface area contributed by atoms with E-state index >= 15 is 0 Å². The number of nitrogens with one attached hydrogen (secondary N) is 1. The number of phenols is 1. The van der Waals surface area contributed by atoms with Crippen molar-refractivity contribution in [3.8, 4) is 5.75 Å². The van der Waals surface area contributed by atoms with Gasteiger partial charge in [0.05, 0.1) is 35.9 Å². The number of benzene rings is 1. The minimum absolute atomic E-state index is 0.0342. The predicted octanol–water partition coefficient (Wildman–Crippen LogP) is 0.0768. The van der Waals surface area contributed by atoms with E-state index in [1.807, 2.05) is 4.90 Å². The van der Waals surface area contributed by atoms with E-state index in [1.54, 1.807) is 6.92 Å². The maximum Gasteiger partial charge on any atom is 0.255 e. The van der Waals surface area contributed by atoms with Gasteiger partial charge in [-0.25, -0.2) is 0 Å². The van der Waals surface area contributed by atoms with Gasteiger partial charge >= 0.3 is 0 Å². The van der Waals surface area contributed by atoms with E-state index in [0.717, 1.165) is 32.4 Å². The molecular formula is C29H36N4O9. The highest BCUT2D eigenvalue weighted by Gasteiger charge is 2.67. The Morgan fingerprint density at radius 2 is 1.76 bits per heavy atom. The lowest BCUT2D eigenvalue weighted by Gasteiger charge is -2.53. The third kappa shape index (κ3) is 4.22. The first-order chi connectivity index (χ1) is 19.7. The van der Waals surface area contributed by atoms with Gasteiger partial charge in [-0.15, -0.1) is 0 Å². The number of anilines is 1. The summed E-state index contributed by atoms with van der Waals surface area (Å²) in [6.45, 7) is 3.30. The van der Waals surface area contributed by atoms with Crippen molar-refractivity contribution in [3.05, 3.63) is 45.9 Å². The zero-order valence-corrected chi connectivity index (χ0v) is 23.6. The van der Waals surface area contributed by atoms with Crippen LogP contribution in [0.15, 0.2) is 34.8 Å². The summed E-state index contributed by atoms with van der Waals surface area (Å²) in [4.78, 5) is 55.7. The first-order valence-electron chi connectivity index (χ1n) is 13.9. The molecule has 2 amide bonds. The number of nitrogens with zero attached hydrogens (tertiary/aromatic N) is 2. The molecule has 4 aliphatic rings. The van der Waals surface area contributed by atoms with Crippen molar-refractivity contribution in [1.82, 2.24) is 9.80 Å². The van der Waals surface area contributed by atoms with Gasteiger partial charge in [-0.2, -0.15) is 0 Å². The zero-order valence-electron chi connectivity index (χ0n) is 23.6. The van der Waals surface area contributed by atoms with E-state index < -0.39 is 81.4 Å². The first kappa shape index (κ1) is 29.7. The number of aliphatic hydroxyl groups is 4. The molecule has 3 aliphatic carbocycles. The fraction of sp³-hybridized carbons (Fsp3) is 0.517. The van der Waals surface area contributed by atoms with Crippen molar-refractivity contribution in [2.24, 2.45) is 17.6 Å². The van der Waals surface area contributed by atoms with Crippen LogP contribution in [0.2, 0.25) is 0 Å². The monoisotopic (exact) mass is 584 g/mol. The van der Waals surface area contributed by atoms with Crippen LogP contribution in [0, 0.1) is 11.8 Å². The summed E-state index contributed by atoms with van der Waals surface area (Å²) in [6.07, 6.45) is 1.39. The fourth-order valence-electron chi connectivity index (χ4n) is 7.23. The number of amides is 2. The predicted molar refractivity (Wildman–Crippen MR) is 149 cm³/mol. The van der Waals surface area contributed by atoms with Crippen LogP contribution >= 0.6 is 0 Å². The van der Waals surface area contributed by atoms with Crippen LogP contribution in [0.25, 0.3) is 0 Å². The molecule has 6 atom stereocenters. The second kappa shape index (κ2) is 10.5. The van der Waals surface area contributed by atoms with Crippen molar-refractivity contribution in [3.63, 3.8) is 0 Å². The summed E-state index contributed by atoms with van der Waals surface area (Å²) in [5.74, 6) is -10.1. The zero-order chi connectivity index (χ0) is 30.8. The van der Waals surface area contributed by atoms with Crippen molar-refractivity contribution >= 4 is 29.1 Å². The van der Waals surface area contributed by atoms with Gasteiger partial charge in [-0.3, -0.25) is 29.0 Å². The molecule has 1 aromatic rings. The number of likely N-dealkylation sites (N-methyl/N-ethyl adjacent to an activating group) is 1. The van der Waals surface area contributed by atoms with Gasteiger partial charge in [-0.05, 0) is 57.6 Å². The quantitative estimate of drug-likeness (QED) is 0.182. The van der Waals surface area contributed by atoms with Crippen molar-refractivity contribution in [1.29, 1.82) is 0 Å². The fourth-order valence-corrected chi connectivity index (χ4v) is 7.23. The van der Waals surface area contributed by atoms with E-state index in [4.69, 9.17) is 5.73 Å². The highest BCUT2D eigenvalue weighted by Crippen LogP contribution is 2.56. The number of fused-ring (bicyclic) bond motifs is 3. The summed E-state index contributed by atoms with van der Waals surface area (Å²) in [5.41, 5.74) is 0.920. The number of hydrogen-bond acceptors (Lipinski definition) is 11. The van der Waals surface area contributed by atoms with Gasteiger partial charge < -0.3 is 36.6 Å². The van der Waals surface area contributed by atoms with E-state index in [0.29, 0.717) is 5.56 Å². The Morgan fingerprint density at radius 1 is 1.12 bits per heavy atom. The number of aliphatic hydroxyl groups excluding tert-OH is 3. The SMILES string of the molecule is CC1c2ccc(NC(=O)CN3CCCCC3)c(O)c2C(=O)C2=C(O)[C@]3(O)C(=O)C(C(N)=O)=C(O)[C@@H](N(C)C)C3C(O)C21. The molecule has 1 heterocycles. The lowest BCUT2D eigenvalue weighted by molar-refractivity contribution is -0.162. The molecule has 0 spiro atoms. The van der Waals surface area contributed by atoms with Crippen molar-refractivity contribution < 1.29 is 44.7 Å². The summed E-state index contributed by atoms with van der Waals surface area (Å²) in [5, 5.41) is 59.6. The third-order valence-corrected chi connectivity index (χ3v) is 9.22. The van der Waals surface area contributed by atoms with Crippen LogP contribution in [0.5, 0.6) is 5.75 Å². The van der Waals surface area contributed by atoms with Gasteiger partial charge in [0.15, 0.2) is 17.1 Å². The van der Waals surface area contributed by atoms with Crippen LogP contribution in [-0.2, 0) is 14.4 Å². The van der Waals surface area contributed by atoms with Gasteiger partial charge in [-0.1, -0.05) is 19.4 Å². The lowest BCUT2D eigenvalue weighted by Crippen LogP contribution is -2.68. The second-order valence-electron chi connectivity index (χ2n) is 11.9. The number of phenolic OH excluding ortho intramolecular Hbond substituents is 1. The van der Waals surface area contributed by atoms with Crippen molar-refractivity contribution in [2.45, 2.75) is 49.9 Å². The number of nitrogens with two attached hydrogens (primary N) is 1. The molecule has 4 unspecified atom stereocenters. The summed E-state index contributed by atoms with van der Waals surface area (Å²) in [7, 11) is 2.95. The molecule has 0 saturated carbocycles. The average molecular weight is 585 g/mol. The Kier molecular flexibility index (Phi) is 7.42. The van der Waals surface area contributed by atoms with E-state index in [-0.39, 0.29) is 23.7 Å². The summed E-state index contributed by atoms with van der Waals surface area (Å²) in [6, 6.07) is 1.66. The molecule has 5 rings (SSSR count). The number of rotatable bonds is 5. The standard InChI is InChI=1S/C29H36N4O9/c1-12-13-7-8-14(31-15(34)11-33-9-5-4-6-10-33)22(35)17(13)23(36)18-16(12)24(37)20-21(32(2)3)25(38)19(28(30)41)27(40)29(20,42)26(18)39/h7-8,12,16,20-21,24,35,37-39,42H,4-6,9-11H2,1-3H3,(H2,30,41)(H,31,34)/t12?,16?,20?,21-,24?,29-/m0/s1. The van der Waals surface area contributed by atoms with E-state index in [9.17, 15) is 44.7 Å². The highest BCUT2D eigenvalue weighted by molar-refractivity contribution is 6.25. The molecule has 1 aromatic carbocycles. The topological polar surface area (TPSA) is 214 Å². The minimum Gasteiger partial charge on any atom is -0.510 e. The lowest BCUT2D eigenvalue weighted by atomic mass is 9.55. The molecule has 13 nitrogen and oxygen atoms in total. The number of aromatic hydroxyl groups is 1. The van der Waals surface area contributed by atoms with Crippen LogP contribution in [0.3, 0.4) is 0 Å². The van der Waals surface area contributed by atoms with Gasteiger partial charge in [0.2, 0.25) is 11.7 Å². The molecule has 226 valence electrons. The number of carbonyl (C=O) groups is 4. The van der Waals surface area contributed by atoms with Gasteiger partial charge in [0.1, 0.15) is 17.1 Å². The van der Waals surface area contributed by atoms with Crippen LogP contribution < -0.4 is 11.1 Å². The molecule has 8 N–H and O–H groups in total. The van der Waals surface area contributed by atoms with Gasteiger partial charge in [0.25, 0.3) is 5.91 Å². The number of hydrogen-bond donors (Lipinski definition) is 7. The number of carbonyl (C=O) groups excluding carboxylic acids is 4. The molecule has 1 fully saturated rings. The van der Waals surface area contributed by atoms with Crippen LogP contribution in [0.4, 0.5) is 5.69 Å². The maximum atomic E-state index is 14.0. The molecule has 1 saturated heterocycles. The summed E-state index contributed by atoms with van der Waals surface area (Å²) >= 11 is 0. The van der Waals surface area contributed by atoms with E-state index in [2.05, 4.69) is 5.32 Å². The molecular weight excluding hydrogens is 548 g/mol. The number of Topliss-reactive ketones (excluding diaryl/α,β-unsaturated/α-hetero) is 2. The van der Waals surface area contributed by atoms with E-state index in [1.165, 1.54) is 31.1 Å². The Balaban J connectivity index is 1.60. The number of piperidine rings is 1. The smallest absolute Gasteiger partial charge is 0.255 e. The summed E-state index contributed by atoms with van der Waals surface area (Å²) < 4.78 is 0. The normalized spacial score (nSPS) is 31.5. The Morgan fingerprint density at radius 3 is 2.36 bits per heavy atom. The van der Waals surface area contributed by atoms with Crippen LogP contribution in [-0.4, -0.2) is 110 Å².